The average Bonchev–Trinajstić information content (AvgIpc) is 2.41. The molecular weight excluding hydrogens is 256 g/mol. The van der Waals surface area contributed by atoms with E-state index in [0.717, 1.165) is 0 Å². The van der Waals surface area contributed by atoms with E-state index in [-0.39, 0.29) is 6.42 Å². The topological polar surface area (TPSA) is 137 Å². The Hall–Kier alpha value is -0.320. The van der Waals surface area contributed by atoms with Crippen molar-refractivity contribution in [2.24, 2.45) is 5.73 Å². The zero-order valence-electron chi connectivity index (χ0n) is 11.8. The van der Waals surface area contributed by atoms with Gasteiger partial charge in [0.05, 0.1) is 18.4 Å². The molecule has 0 radical (unpaired) electrons. The lowest BCUT2D eigenvalue weighted by molar-refractivity contribution is -0.292. The molecule has 19 heavy (non-hydrogen) atoms. The van der Waals surface area contributed by atoms with Crippen LogP contribution in [-0.4, -0.2) is 78.1 Å². The number of aliphatic hydroxyl groups excluding tert-OH is 4. The van der Waals surface area contributed by atoms with Gasteiger partial charge < -0.3 is 41.0 Å². The molecule has 8 nitrogen and oxygen atoms in total. The lowest BCUT2D eigenvalue weighted by atomic mass is 9.94. The number of methoxy groups -OCH3 is 2. The van der Waals surface area contributed by atoms with Crippen LogP contribution in [0.25, 0.3) is 0 Å². The second-order valence-electron chi connectivity index (χ2n) is 4.48. The van der Waals surface area contributed by atoms with Crippen LogP contribution in [0.1, 0.15) is 13.3 Å². The summed E-state index contributed by atoms with van der Waals surface area (Å²) in [6, 6.07) is 0. The second kappa shape index (κ2) is 8.08. The fourth-order valence-corrected chi connectivity index (χ4v) is 1.70. The molecule has 0 bridgehead atoms. The Morgan fingerprint density at radius 1 is 1.16 bits per heavy atom. The van der Waals surface area contributed by atoms with E-state index in [2.05, 4.69) is 5.32 Å². The SMILES string of the molecule is CNC(N)C(O)C(O)C(CC(O)C(C)O)(OC)OC. The summed E-state index contributed by atoms with van der Waals surface area (Å²) in [5, 5.41) is 41.6. The minimum atomic E-state index is -1.68. The van der Waals surface area contributed by atoms with Gasteiger partial charge in [0, 0.05) is 20.6 Å². The Morgan fingerprint density at radius 2 is 1.63 bits per heavy atom. The van der Waals surface area contributed by atoms with Crippen LogP contribution in [0.2, 0.25) is 0 Å². The highest BCUT2D eigenvalue weighted by Crippen LogP contribution is 2.27. The van der Waals surface area contributed by atoms with Crippen molar-refractivity contribution in [2.45, 2.75) is 49.7 Å². The average molecular weight is 282 g/mol. The van der Waals surface area contributed by atoms with Gasteiger partial charge in [-0.25, -0.2) is 0 Å². The van der Waals surface area contributed by atoms with Crippen molar-refractivity contribution in [3.8, 4) is 0 Å². The largest absolute Gasteiger partial charge is 0.391 e. The fourth-order valence-electron chi connectivity index (χ4n) is 1.70. The zero-order valence-corrected chi connectivity index (χ0v) is 11.8. The van der Waals surface area contributed by atoms with Gasteiger partial charge in [-0.3, -0.25) is 0 Å². The second-order valence-corrected chi connectivity index (χ2v) is 4.48. The van der Waals surface area contributed by atoms with Crippen LogP contribution in [0.3, 0.4) is 0 Å². The number of rotatable bonds is 9. The highest BCUT2D eigenvalue weighted by molar-refractivity contribution is 4.90. The predicted molar refractivity (Wildman–Crippen MR) is 68.1 cm³/mol. The summed E-state index contributed by atoms with van der Waals surface area (Å²) < 4.78 is 10.2. The van der Waals surface area contributed by atoms with Gasteiger partial charge in [0.2, 0.25) is 0 Å². The van der Waals surface area contributed by atoms with Crippen molar-refractivity contribution in [3.05, 3.63) is 0 Å². The molecule has 0 aromatic rings. The molecule has 0 aromatic carbocycles. The lowest BCUT2D eigenvalue weighted by Gasteiger charge is -2.40. The van der Waals surface area contributed by atoms with Crippen LogP contribution in [0.4, 0.5) is 0 Å². The molecule has 0 saturated carbocycles. The summed E-state index contributed by atoms with van der Waals surface area (Å²) >= 11 is 0. The van der Waals surface area contributed by atoms with Gasteiger partial charge in [0.25, 0.3) is 0 Å². The Kier molecular flexibility index (Phi) is 7.94. The molecule has 5 atom stereocenters. The van der Waals surface area contributed by atoms with Crippen LogP contribution in [-0.2, 0) is 9.47 Å². The first kappa shape index (κ1) is 18.7. The van der Waals surface area contributed by atoms with E-state index in [1.54, 1.807) is 0 Å². The first-order valence-electron chi connectivity index (χ1n) is 6.01. The van der Waals surface area contributed by atoms with E-state index in [9.17, 15) is 20.4 Å². The first-order valence-corrected chi connectivity index (χ1v) is 6.01. The normalized spacial score (nSPS) is 20.7. The van der Waals surface area contributed by atoms with E-state index in [0.29, 0.717) is 0 Å². The maximum absolute atomic E-state index is 10.1. The van der Waals surface area contributed by atoms with Gasteiger partial charge in [-0.05, 0) is 14.0 Å². The third-order valence-corrected chi connectivity index (χ3v) is 3.22. The molecule has 0 rings (SSSR count). The summed E-state index contributed by atoms with van der Waals surface area (Å²) in [5.41, 5.74) is 5.57. The maximum atomic E-state index is 10.1. The lowest BCUT2D eigenvalue weighted by Crippen LogP contribution is -2.61. The molecule has 0 amide bonds. The monoisotopic (exact) mass is 282 g/mol. The number of likely N-dealkylation sites (N-methyl/N-ethyl adjacent to an activating group) is 1. The summed E-state index contributed by atoms with van der Waals surface area (Å²) in [4.78, 5) is 0. The van der Waals surface area contributed by atoms with Crippen molar-refractivity contribution in [2.75, 3.05) is 21.3 Å². The van der Waals surface area contributed by atoms with E-state index < -0.39 is 36.4 Å². The molecule has 0 fully saturated rings. The highest BCUT2D eigenvalue weighted by Gasteiger charge is 2.46. The van der Waals surface area contributed by atoms with Gasteiger partial charge in [-0.15, -0.1) is 0 Å². The Balaban J connectivity index is 5.05. The Morgan fingerprint density at radius 3 is 1.95 bits per heavy atom. The van der Waals surface area contributed by atoms with Gasteiger partial charge >= 0.3 is 0 Å². The van der Waals surface area contributed by atoms with Crippen LogP contribution in [0.15, 0.2) is 0 Å². The molecule has 0 aromatic heterocycles. The molecule has 5 unspecified atom stereocenters. The summed E-state index contributed by atoms with van der Waals surface area (Å²) in [7, 11) is 4.05. The minimum absolute atomic E-state index is 0.230. The van der Waals surface area contributed by atoms with Crippen molar-refractivity contribution >= 4 is 0 Å². The zero-order chi connectivity index (χ0) is 15.2. The van der Waals surface area contributed by atoms with E-state index in [4.69, 9.17) is 15.2 Å². The van der Waals surface area contributed by atoms with Crippen molar-refractivity contribution in [3.63, 3.8) is 0 Å². The number of nitrogens with two attached hydrogens (primary N) is 1. The van der Waals surface area contributed by atoms with Gasteiger partial charge in [-0.2, -0.15) is 0 Å². The summed E-state index contributed by atoms with van der Waals surface area (Å²) in [5.74, 6) is -1.68. The molecule has 0 saturated heterocycles. The third-order valence-electron chi connectivity index (χ3n) is 3.22. The minimum Gasteiger partial charge on any atom is -0.391 e. The quantitative estimate of drug-likeness (QED) is 0.252. The smallest absolute Gasteiger partial charge is 0.199 e. The molecule has 8 heteroatoms. The van der Waals surface area contributed by atoms with Crippen LogP contribution in [0, 0.1) is 0 Å². The molecule has 116 valence electrons. The first-order chi connectivity index (χ1) is 8.75. The number of ether oxygens (including phenoxy) is 2. The molecule has 0 aliphatic rings. The van der Waals surface area contributed by atoms with Crippen molar-refractivity contribution < 1.29 is 29.9 Å². The maximum Gasteiger partial charge on any atom is 0.199 e. The number of hydrogen-bond donors (Lipinski definition) is 6. The van der Waals surface area contributed by atoms with Crippen LogP contribution in [0.5, 0.6) is 0 Å². The fraction of sp³-hybridized carbons (Fsp3) is 1.00. The summed E-state index contributed by atoms with van der Waals surface area (Å²) in [6.45, 7) is 1.39. The molecule has 0 aliphatic carbocycles. The van der Waals surface area contributed by atoms with Crippen molar-refractivity contribution in [1.82, 2.24) is 5.32 Å². The predicted octanol–water partition coefficient (Wildman–Crippen LogP) is -2.67. The van der Waals surface area contributed by atoms with Gasteiger partial charge in [0.15, 0.2) is 5.79 Å². The van der Waals surface area contributed by atoms with E-state index in [1.165, 1.54) is 28.2 Å². The standard InChI is InChI=1S/C11H26N2O6/c1-6(14)7(15)5-11(18-3,19-4)9(17)8(16)10(12)13-2/h6-10,13-17H,5,12H2,1-4H3. The highest BCUT2D eigenvalue weighted by atomic mass is 16.7. The number of aliphatic hydroxyl groups is 4. The number of hydrogen-bond acceptors (Lipinski definition) is 8. The summed E-state index contributed by atoms with van der Waals surface area (Å²) in [6.07, 6.45) is -6.25. The van der Waals surface area contributed by atoms with Gasteiger partial charge in [0.1, 0.15) is 12.2 Å². The number of nitrogens with one attached hydrogen (secondary N) is 1. The third kappa shape index (κ3) is 4.62. The molecule has 0 spiro atoms. The molecule has 7 N–H and O–H groups in total. The Bertz CT molecular complexity index is 249. The molecule has 0 heterocycles. The molecular formula is C11H26N2O6. The van der Waals surface area contributed by atoms with E-state index >= 15 is 0 Å². The van der Waals surface area contributed by atoms with Crippen molar-refractivity contribution in [1.29, 1.82) is 0 Å². The van der Waals surface area contributed by atoms with E-state index in [1.807, 2.05) is 0 Å². The van der Waals surface area contributed by atoms with Gasteiger partial charge in [-0.1, -0.05) is 0 Å². The Labute approximate surface area is 113 Å². The van der Waals surface area contributed by atoms with Crippen LogP contribution < -0.4 is 11.1 Å². The van der Waals surface area contributed by atoms with Crippen LogP contribution >= 0.6 is 0 Å². The molecule has 0 aliphatic heterocycles.